The first-order valence-corrected chi connectivity index (χ1v) is 8.27. The highest BCUT2D eigenvalue weighted by Crippen LogP contribution is 2.34. The summed E-state index contributed by atoms with van der Waals surface area (Å²) in [7, 11) is 0. The van der Waals surface area contributed by atoms with Crippen LogP contribution in [0.15, 0.2) is 48.5 Å². The highest BCUT2D eigenvalue weighted by Gasteiger charge is 2.32. The highest BCUT2D eigenvalue weighted by molar-refractivity contribution is 6.02. The first-order valence-electron chi connectivity index (χ1n) is 8.27. The summed E-state index contributed by atoms with van der Waals surface area (Å²) < 4.78 is 11.3. The third-order valence-corrected chi connectivity index (χ3v) is 3.88. The summed E-state index contributed by atoms with van der Waals surface area (Å²) in [4.78, 5) is 24.3. The smallest absolute Gasteiger partial charge is 0.227 e. The number of benzene rings is 2. The van der Waals surface area contributed by atoms with E-state index >= 15 is 0 Å². The molecule has 1 amide bonds. The molecule has 0 unspecified atom stereocenters. The summed E-state index contributed by atoms with van der Waals surface area (Å²) >= 11 is 0. The van der Waals surface area contributed by atoms with Crippen molar-refractivity contribution in [2.24, 2.45) is 0 Å². The second-order valence-electron chi connectivity index (χ2n) is 6.63. The molecule has 1 N–H and O–H groups in total. The standard InChI is InChI=1S/C20H21NO4/c1-20(2)13-17(22)16-12-14(8-9-18(16)25-20)21-19(23)10-11-24-15-6-4-3-5-7-15/h3-9,12H,10-11,13H2,1-2H3,(H,21,23). The van der Waals surface area contributed by atoms with Crippen LogP contribution in [0.25, 0.3) is 0 Å². The Hall–Kier alpha value is -2.82. The van der Waals surface area contributed by atoms with Gasteiger partial charge in [0.05, 0.1) is 25.0 Å². The lowest BCUT2D eigenvalue weighted by Crippen LogP contribution is -2.35. The second-order valence-corrected chi connectivity index (χ2v) is 6.63. The molecule has 2 aromatic carbocycles. The zero-order valence-electron chi connectivity index (χ0n) is 14.4. The van der Waals surface area contributed by atoms with Crippen molar-refractivity contribution in [1.29, 1.82) is 0 Å². The number of amides is 1. The van der Waals surface area contributed by atoms with Crippen LogP contribution in [0.2, 0.25) is 0 Å². The van der Waals surface area contributed by atoms with Crippen LogP contribution in [-0.4, -0.2) is 23.9 Å². The minimum Gasteiger partial charge on any atom is -0.493 e. The second kappa shape index (κ2) is 6.97. The number of fused-ring (bicyclic) bond motifs is 1. The SMILES string of the molecule is CC1(C)CC(=O)c2cc(NC(=O)CCOc3ccccc3)ccc2O1. The van der Waals surface area contributed by atoms with E-state index in [1.54, 1.807) is 18.2 Å². The number of nitrogens with one attached hydrogen (secondary N) is 1. The zero-order valence-corrected chi connectivity index (χ0v) is 14.4. The number of anilines is 1. The molecule has 1 aliphatic rings. The van der Waals surface area contributed by atoms with Crippen molar-refractivity contribution in [3.63, 3.8) is 0 Å². The number of hydrogen-bond donors (Lipinski definition) is 1. The maximum absolute atomic E-state index is 12.3. The van der Waals surface area contributed by atoms with Gasteiger partial charge in [-0.2, -0.15) is 0 Å². The molecule has 3 rings (SSSR count). The van der Waals surface area contributed by atoms with E-state index < -0.39 is 5.60 Å². The van der Waals surface area contributed by atoms with Gasteiger partial charge in [0.25, 0.3) is 0 Å². The normalized spacial score (nSPS) is 15.0. The number of carbonyl (C=O) groups excluding carboxylic acids is 2. The summed E-state index contributed by atoms with van der Waals surface area (Å²) in [6, 6.07) is 14.5. The van der Waals surface area contributed by atoms with E-state index in [2.05, 4.69) is 5.32 Å². The number of ketones is 1. The van der Waals surface area contributed by atoms with Gasteiger partial charge in [0.2, 0.25) is 5.91 Å². The van der Waals surface area contributed by atoms with E-state index in [4.69, 9.17) is 9.47 Å². The van der Waals surface area contributed by atoms with Crippen LogP contribution in [0.1, 0.15) is 37.0 Å². The van der Waals surface area contributed by atoms with Crippen LogP contribution < -0.4 is 14.8 Å². The Morgan fingerprint density at radius 1 is 1.20 bits per heavy atom. The van der Waals surface area contributed by atoms with Crippen molar-refractivity contribution in [3.8, 4) is 11.5 Å². The summed E-state index contributed by atoms with van der Waals surface area (Å²) in [5.74, 6) is 1.15. The molecule has 130 valence electrons. The number of ether oxygens (including phenoxy) is 2. The molecule has 1 heterocycles. The first kappa shape index (κ1) is 17.0. The third kappa shape index (κ3) is 4.38. The molecule has 0 radical (unpaired) electrons. The molecule has 0 bridgehead atoms. The van der Waals surface area contributed by atoms with Crippen LogP contribution in [0, 0.1) is 0 Å². The molecule has 2 aromatic rings. The summed E-state index contributed by atoms with van der Waals surface area (Å²) in [5, 5.41) is 2.79. The predicted molar refractivity (Wildman–Crippen MR) is 95.3 cm³/mol. The van der Waals surface area contributed by atoms with Gasteiger partial charge in [0.1, 0.15) is 17.1 Å². The fourth-order valence-corrected chi connectivity index (χ4v) is 2.73. The predicted octanol–water partition coefficient (Wildman–Crippen LogP) is 3.84. The van der Waals surface area contributed by atoms with Gasteiger partial charge in [-0.15, -0.1) is 0 Å². The molecule has 0 spiro atoms. The van der Waals surface area contributed by atoms with Crippen molar-refractivity contribution in [2.45, 2.75) is 32.3 Å². The van der Waals surface area contributed by atoms with Crippen LogP contribution >= 0.6 is 0 Å². The molecule has 5 heteroatoms. The average molecular weight is 339 g/mol. The molecule has 0 fully saturated rings. The Bertz CT molecular complexity index is 784. The summed E-state index contributed by atoms with van der Waals surface area (Å²) in [5.41, 5.74) is 0.599. The monoisotopic (exact) mass is 339 g/mol. The van der Waals surface area contributed by atoms with Gasteiger partial charge in [-0.1, -0.05) is 18.2 Å². The largest absolute Gasteiger partial charge is 0.493 e. The molecule has 0 aliphatic carbocycles. The lowest BCUT2D eigenvalue weighted by atomic mass is 9.93. The minimum atomic E-state index is -0.496. The maximum atomic E-state index is 12.3. The van der Waals surface area contributed by atoms with Crippen molar-refractivity contribution >= 4 is 17.4 Å². The van der Waals surface area contributed by atoms with Crippen molar-refractivity contribution in [3.05, 3.63) is 54.1 Å². The lowest BCUT2D eigenvalue weighted by molar-refractivity contribution is -0.116. The molecule has 0 atom stereocenters. The van der Waals surface area contributed by atoms with Crippen LogP contribution in [0.5, 0.6) is 11.5 Å². The van der Waals surface area contributed by atoms with E-state index in [-0.39, 0.29) is 24.7 Å². The van der Waals surface area contributed by atoms with E-state index in [0.29, 0.717) is 23.4 Å². The zero-order chi connectivity index (χ0) is 17.9. The van der Waals surface area contributed by atoms with Crippen molar-refractivity contribution in [2.75, 3.05) is 11.9 Å². The van der Waals surface area contributed by atoms with Gasteiger partial charge in [0.15, 0.2) is 5.78 Å². The van der Waals surface area contributed by atoms with Gasteiger partial charge in [-0.3, -0.25) is 9.59 Å². The number of Topliss-reactive ketones (excluding diaryl/α,β-unsaturated/α-hetero) is 1. The maximum Gasteiger partial charge on any atom is 0.227 e. The highest BCUT2D eigenvalue weighted by atomic mass is 16.5. The Labute approximate surface area is 147 Å². The molecule has 5 nitrogen and oxygen atoms in total. The van der Waals surface area contributed by atoms with Gasteiger partial charge in [-0.25, -0.2) is 0 Å². The summed E-state index contributed by atoms with van der Waals surface area (Å²) in [6.45, 7) is 4.06. The Kier molecular flexibility index (Phi) is 4.74. The van der Waals surface area contributed by atoms with Crippen LogP contribution in [0.3, 0.4) is 0 Å². The first-order chi connectivity index (χ1) is 11.9. The minimum absolute atomic E-state index is 0.0229. The van der Waals surface area contributed by atoms with Gasteiger partial charge in [0, 0.05) is 5.69 Å². The number of rotatable bonds is 5. The van der Waals surface area contributed by atoms with E-state index in [0.717, 1.165) is 5.75 Å². The molecule has 1 aliphatic heterocycles. The Balaban J connectivity index is 1.57. The molecular formula is C20H21NO4. The number of carbonyl (C=O) groups is 2. The number of para-hydroxylation sites is 1. The van der Waals surface area contributed by atoms with Crippen molar-refractivity contribution < 1.29 is 19.1 Å². The Morgan fingerprint density at radius 2 is 1.96 bits per heavy atom. The lowest BCUT2D eigenvalue weighted by Gasteiger charge is -2.31. The molecule has 0 saturated carbocycles. The number of hydrogen-bond acceptors (Lipinski definition) is 4. The average Bonchev–Trinajstić information content (AvgIpc) is 2.55. The van der Waals surface area contributed by atoms with Crippen molar-refractivity contribution in [1.82, 2.24) is 0 Å². The van der Waals surface area contributed by atoms with Crippen LogP contribution in [-0.2, 0) is 4.79 Å². The third-order valence-electron chi connectivity index (χ3n) is 3.88. The van der Waals surface area contributed by atoms with E-state index in [1.165, 1.54) is 0 Å². The quantitative estimate of drug-likeness (QED) is 0.899. The van der Waals surface area contributed by atoms with Gasteiger partial charge < -0.3 is 14.8 Å². The molecule has 25 heavy (non-hydrogen) atoms. The topological polar surface area (TPSA) is 64.6 Å². The van der Waals surface area contributed by atoms with Gasteiger partial charge >= 0.3 is 0 Å². The van der Waals surface area contributed by atoms with E-state index in [1.807, 2.05) is 44.2 Å². The molecule has 0 saturated heterocycles. The fourth-order valence-electron chi connectivity index (χ4n) is 2.73. The Morgan fingerprint density at radius 3 is 2.72 bits per heavy atom. The fraction of sp³-hybridized carbons (Fsp3) is 0.300. The van der Waals surface area contributed by atoms with Crippen LogP contribution in [0.4, 0.5) is 5.69 Å². The molecular weight excluding hydrogens is 318 g/mol. The molecule has 0 aromatic heterocycles. The van der Waals surface area contributed by atoms with E-state index in [9.17, 15) is 9.59 Å². The van der Waals surface area contributed by atoms with Gasteiger partial charge in [-0.05, 0) is 44.2 Å². The summed E-state index contributed by atoms with van der Waals surface area (Å²) in [6.07, 6.45) is 0.547.